The van der Waals surface area contributed by atoms with E-state index in [0.717, 1.165) is 63.8 Å². The predicted molar refractivity (Wildman–Crippen MR) is 133 cm³/mol. The van der Waals surface area contributed by atoms with E-state index in [1.807, 2.05) is 71.0 Å². The third kappa shape index (κ3) is 7.45. The molecule has 180 valence electrons. The minimum absolute atomic E-state index is 0.573. The SMILES string of the molecule is C/C=C/COc1cc(C)c(OCCCCOc2ccc(/C(C)=N/OC)c(OC)c2C)c(C)c1. The molecule has 0 aliphatic heterocycles. The zero-order valence-electron chi connectivity index (χ0n) is 21.0. The van der Waals surface area contributed by atoms with Gasteiger partial charge in [-0.05, 0) is 82.9 Å². The van der Waals surface area contributed by atoms with Crippen molar-refractivity contribution in [2.75, 3.05) is 34.0 Å². The molecule has 0 heterocycles. The highest BCUT2D eigenvalue weighted by molar-refractivity contribution is 6.01. The molecule has 0 radical (unpaired) electrons. The number of rotatable bonds is 13. The molecule has 0 aromatic heterocycles. The van der Waals surface area contributed by atoms with Gasteiger partial charge in [-0.3, -0.25) is 0 Å². The maximum atomic E-state index is 6.06. The van der Waals surface area contributed by atoms with Crippen LogP contribution in [0, 0.1) is 20.8 Å². The van der Waals surface area contributed by atoms with E-state index in [0.29, 0.717) is 19.8 Å². The van der Waals surface area contributed by atoms with Crippen LogP contribution in [0.4, 0.5) is 0 Å². The fourth-order valence-electron chi connectivity index (χ4n) is 3.59. The van der Waals surface area contributed by atoms with Gasteiger partial charge in [0.25, 0.3) is 0 Å². The van der Waals surface area contributed by atoms with Crippen molar-refractivity contribution in [3.05, 3.63) is 58.7 Å². The van der Waals surface area contributed by atoms with Crippen LogP contribution < -0.4 is 18.9 Å². The quantitative estimate of drug-likeness (QED) is 0.156. The second-order valence-corrected chi connectivity index (χ2v) is 7.80. The zero-order valence-corrected chi connectivity index (χ0v) is 21.0. The van der Waals surface area contributed by atoms with Gasteiger partial charge in [0.1, 0.15) is 36.7 Å². The number of benzene rings is 2. The molecule has 0 N–H and O–H groups in total. The van der Waals surface area contributed by atoms with Crippen LogP contribution in [0.25, 0.3) is 0 Å². The highest BCUT2D eigenvalue weighted by Crippen LogP contribution is 2.32. The first-order valence-electron chi connectivity index (χ1n) is 11.3. The van der Waals surface area contributed by atoms with E-state index in [1.54, 1.807) is 7.11 Å². The Kier molecular flexibility index (Phi) is 10.6. The van der Waals surface area contributed by atoms with Gasteiger partial charge < -0.3 is 23.8 Å². The summed E-state index contributed by atoms with van der Waals surface area (Å²) in [5.41, 5.74) is 4.75. The van der Waals surface area contributed by atoms with Crippen molar-refractivity contribution in [3.8, 4) is 23.0 Å². The maximum absolute atomic E-state index is 6.06. The summed E-state index contributed by atoms with van der Waals surface area (Å²) < 4.78 is 23.4. The molecular weight excluding hydrogens is 418 g/mol. The van der Waals surface area contributed by atoms with Crippen molar-refractivity contribution >= 4 is 5.71 Å². The van der Waals surface area contributed by atoms with E-state index in [2.05, 4.69) is 5.16 Å². The number of hydrogen-bond donors (Lipinski definition) is 0. The topological polar surface area (TPSA) is 58.5 Å². The summed E-state index contributed by atoms with van der Waals surface area (Å²) in [5, 5.41) is 4.00. The smallest absolute Gasteiger partial charge is 0.134 e. The number of ether oxygens (including phenoxy) is 4. The van der Waals surface area contributed by atoms with Crippen LogP contribution in [-0.2, 0) is 4.84 Å². The summed E-state index contributed by atoms with van der Waals surface area (Å²) in [6, 6.07) is 7.94. The monoisotopic (exact) mass is 455 g/mol. The average Bonchev–Trinajstić information content (AvgIpc) is 2.78. The summed E-state index contributed by atoms with van der Waals surface area (Å²) in [6.45, 7) is 11.8. The molecule has 2 rings (SSSR count). The molecule has 0 saturated carbocycles. The average molecular weight is 456 g/mol. The molecule has 0 saturated heterocycles. The van der Waals surface area contributed by atoms with Crippen LogP contribution in [0.2, 0.25) is 0 Å². The van der Waals surface area contributed by atoms with E-state index < -0.39 is 0 Å². The largest absolute Gasteiger partial charge is 0.496 e. The van der Waals surface area contributed by atoms with Crippen LogP contribution in [-0.4, -0.2) is 39.8 Å². The lowest BCUT2D eigenvalue weighted by atomic mass is 10.1. The van der Waals surface area contributed by atoms with Crippen molar-refractivity contribution in [2.24, 2.45) is 5.16 Å². The first-order valence-corrected chi connectivity index (χ1v) is 11.3. The minimum atomic E-state index is 0.573. The van der Waals surface area contributed by atoms with Crippen LogP contribution in [0.1, 0.15) is 48.9 Å². The van der Waals surface area contributed by atoms with Crippen LogP contribution in [0.15, 0.2) is 41.6 Å². The normalized spacial score (nSPS) is 11.5. The van der Waals surface area contributed by atoms with Gasteiger partial charge in [-0.15, -0.1) is 0 Å². The Morgan fingerprint density at radius 3 is 2.18 bits per heavy atom. The van der Waals surface area contributed by atoms with Gasteiger partial charge in [0.05, 0.1) is 26.0 Å². The maximum Gasteiger partial charge on any atom is 0.134 e. The summed E-state index contributed by atoms with van der Waals surface area (Å²) in [6.07, 6.45) is 5.74. The van der Waals surface area contributed by atoms with E-state index in [-0.39, 0.29) is 0 Å². The van der Waals surface area contributed by atoms with Gasteiger partial charge in [0.2, 0.25) is 0 Å². The molecule has 0 unspecified atom stereocenters. The molecule has 0 aliphatic carbocycles. The third-order valence-corrected chi connectivity index (χ3v) is 5.24. The molecule has 0 aliphatic rings. The van der Waals surface area contributed by atoms with Gasteiger partial charge in [0, 0.05) is 11.1 Å². The lowest BCUT2D eigenvalue weighted by Crippen LogP contribution is -2.07. The van der Waals surface area contributed by atoms with E-state index in [4.69, 9.17) is 23.8 Å². The van der Waals surface area contributed by atoms with Gasteiger partial charge >= 0.3 is 0 Å². The van der Waals surface area contributed by atoms with E-state index >= 15 is 0 Å². The Morgan fingerprint density at radius 1 is 0.909 bits per heavy atom. The molecule has 33 heavy (non-hydrogen) atoms. The predicted octanol–water partition coefficient (Wildman–Crippen LogP) is 6.18. The summed E-state index contributed by atoms with van der Waals surface area (Å²) in [5.74, 6) is 3.35. The molecule has 0 amide bonds. The van der Waals surface area contributed by atoms with Crippen molar-refractivity contribution < 1.29 is 23.8 Å². The molecule has 0 spiro atoms. The van der Waals surface area contributed by atoms with Crippen molar-refractivity contribution in [2.45, 2.75) is 47.5 Å². The fourth-order valence-corrected chi connectivity index (χ4v) is 3.59. The number of oxime groups is 1. The van der Waals surface area contributed by atoms with Gasteiger partial charge in [-0.1, -0.05) is 17.3 Å². The number of unbranched alkanes of at least 4 members (excludes halogenated alkanes) is 1. The summed E-state index contributed by atoms with van der Waals surface area (Å²) >= 11 is 0. The van der Waals surface area contributed by atoms with Crippen molar-refractivity contribution in [1.29, 1.82) is 0 Å². The van der Waals surface area contributed by atoms with Crippen LogP contribution in [0.5, 0.6) is 23.0 Å². The highest BCUT2D eigenvalue weighted by atomic mass is 16.6. The molecule has 0 atom stereocenters. The standard InChI is InChI=1S/C27H37NO5/c1-8-9-14-31-23-17-19(2)26(20(3)18-23)33-16-11-10-15-32-25-13-12-24(22(5)28-30-7)27(29-6)21(25)4/h8-9,12-13,17-18H,10-11,14-16H2,1-7H3/b9-8+,28-22+. The van der Waals surface area contributed by atoms with Gasteiger partial charge in [0.15, 0.2) is 0 Å². The summed E-state index contributed by atoms with van der Waals surface area (Å²) in [7, 11) is 3.18. The second-order valence-electron chi connectivity index (χ2n) is 7.80. The van der Waals surface area contributed by atoms with Gasteiger partial charge in [-0.2, -0.15) is 0 Å². The Labute approximate surface area is 198 Å². The molecule has 2 aromatic carbocycles. The second kappa shape index (κ2) is 13.4. The highest BCUT2D eigenvalue weighted by Gasteiger charge is 2.14. The number of nitrogens with zero attached hydrogens (tertiary/aromatic N) is 1. The number of methoxy groups -OCH3 is 1. The van der Waals surface area contributed by atoms with Gasteiger partial charge in [-0.25, -0.2) is 0 Å². The Balaban J connectivity index is 1.85. The Bertz CT molecular complexity index is 942. The zero-order chi connectivity index (χ0) is 24.2. The third-order valence-electron chi connectivity index (χ3n) is 5.24. The molecule has 6 nitrogen and oxygen atoms in total. The Morgan fingerprint density at radius 2 is 1.58 bits per heavy atom. The fraction of sp³-hybridized carbons (Fsp3) is 0.444. The molecule has 6 heteroatoms. The first-order chi connectivity index (χ1) is 15.9. The molecule has 0 fully saturated rings. The van der Waals surface area contributed by atoms with Crippen LogP contribution >= 0.6 is 0 Å². The lowest BCUT2D eigenvalue weighted by molar-refractivity contribution is 0.213. The molecule has 2 aromatic rings. The van der Waals surface area contributed by atoms with E-state index in [1.165, 1.54) is 7.11 Å². The molecular formula is C27H37NO5. The summed E-state index contributed by atoms with van der Waals surface area (Å²) in [4.78, 5) is 4.88. The molecule has 0 bridgehead atoms. The number of aryl methyl sites for hydroxylation is 2. The lowest BCUT2D eigenvalue weighted by Gasteiger charge is -2.16. The Hall–Kier alpha value is -3.15. The number of allylic oxidation sites excluding steroid dienone is 1. The number of hydrogen-bond acceptors (Lipinski definition) is 6. The minimum Gasteiger partial charge on any atom is -0.496 e. The van der Waals surface area contributed by atoms with E-state index in [9.17, 15) is 0 Å². The first kappa shape index (κ1) is 26.1. The van der Waals surface area contributed by atoms with Crippen molar-refractivity contribution in [1.82, 2.24) is 0 Å². The van der Waals surface area contributed by atoms with Crippen LogP contribution in [0.3, 0.4) is 0 Å². The van der Waals surface area contributed by atoms with Crippen molar-refractivity contribution in [3.63, 3.8) is 0 Å².